The Kier molecular flexibility index (Phi) is 11.1. The van der Waals surface area contributed by atoms with Gasteiger partial charge in [0.25, 0.3) is 0 Å². The van der Waals surface area contributed by atoms with Gasteiger partial charge in [-0.3, -0.25) is 4.90 Å². The van der Waals surface area contributed by atoms with Crippen molar-refractivity contribution in [1.82, 2.24) is 10.2 Å². The standard InChI is InChI=1S/C17H36N2O2/c1-4-18-17-9-7-8-16(17)10-11-19(12-14-20-5-2)13-15-21-6-3/h16-18H,4-15H2,1-3H3. The van der Waals surface area contributed by atoms with E-state index in [1.165, 1.54) is 32.2 Å². The molecule has 0 heterocycles. The highest BCUT2D eigenvalue weighted by Crippen LogP contribution is 2.28. The van der Waals surface area contributed by atoms with Crippen LogP contribution in [0.25, 0.3) is 0 Å². The number of hydrogen-bond acceptors (Lipinski definition) is 4. The third kappa shape index (κ3) is 8.15. The van der Waals surface area contributed by atoms with E-state index >= 15 is 0 Å². The van der Waals surface area contributed by atoms with E-state index in [4.69, 9.17) is 9.47 Å². The second-order valence-electron chi connectivity index (χ2n) is 5.88. The second kappa shape index (κ2) is 12.4. The fraction of sp³-hybridized carbons (Fsp3) is 1.00. The molecule has 4 nitrogen and oxygen atoms in total. The molecule has 0 aromatic rings. The molecular weight excluding hydrogens is 264 g/mol. The minimum Gasteiger partial charge on any atom is -0.380 e. The predicted molar refractivity (Wildman–Crippen MR) is 88.8 cm³/mol. The van der Waals surface area contributed by atoms with E-state index in [0.29, 0.717) is 0 Å². The molecule has 4 heteroatoms. The third-order valence-corrected chi connectivity index (χ3v) is 4.45. The lowest BCUT2D eigenvalue weighted by atomic mass is 9.99. The second-order valence-corrected chi connectivity index (χ2v) is 5.88. The van der Waals surface area contributed by atoms with Gasteiger partial charge in [0.05, 0.1) is 13.2 Å². The maximum absolute atomic E-state index is 5.51. The van der Waals surface area contributed by atoms with Crippen molar-refractivity contribution in [3.63, 3.8) is 0 Å². The normalized spacial score (nSPS) is 22.3. The van der Waals surface area contributed by atoms with E-state index in [1.54, 1.807) is 0 Å². The zero-order valence-corrected chi connectivity index (χ0v) is 14.4. The fourth-order valence-electron chi connectivity index (χ4n) is 3.27. The Hall–Kier alpha value is -0.160. The molecule has 0 saturated heterocycles. The average molecular weight is 300 g/mol. The highest BCUT2D eigenvalue weighted by molar-refractivity contribution is 4.83. The van der Waals surface area contributed by atoms with E-state index in [1.807, 2.05) is 0 Å². The Bertz CT molecular complexity index is 229. The van der Waals surface area contributed by atoms with Crippen molar-refractivity contribution in [1.29, 1.82) is 0 Å². The highest BCUT2D eigenvalue weighted by atomic mass is 16.5. The number of ether oxygens (including phenoxy) is 2. The van der Waals surface area contributed by atoms with Crippen molar-refractivity contribution in [2.24, 2.45) is 5.92 Å². The first-order valence-electron chi connectivity index (χ1n) is 8.93. The summed E-state index contributed by atoms with van der Waals surface area (Å²) in [5, 5.41) is 3.65. The summed E-state index contributed by atoms with van der Waals surface area (Å²) in [5.74, 6) is 0.853. The molecule has 0 amide bonds. The molecule has 0 aromatic heterocycles. The van der Waals surface area contributed by atoms with Crippen LogP contribution in [0, 0.1) is 5.92 Å². The summed E-state index contributed by atoms with van der Waals surface area (Å²) in [6.07, 6.45) is 5.44. The van der Waals surface area contributed by atoms with Gasteiger partial charge in [0, 0.05) is 32.3 Å². The van der Waals surface area contributed by atoms with Gasteiger partial charge in [0.2, 0.25) is 0 Å². The van der Waals surface area contributed by atoms with Gasteiger partial charge in [0.1, 0.15) is 0 Å². The van der Waals surface area contributed by atoms with Gasteiger partial charge in [-0.1, -0.05) is 13.3 Å². The van der Waals surface area contributed by atoms with Crippen LogP contribution in [0.3, 0.4) is 0 Å². The van der Waals surface area contributed by atoms with E-state index < -0.39 is 0 Å². The summed E-state index contributed by atoms with van der Waals surface area (Å²) in [4.78, 5) is 2.51. The van der Waals surface area contributed by atoms with Gasteiger partial charge in [-0.05, 0) is 52.1 Å². The molecule has 1 saturated carbocycles. The molecule has 21 heavy (non-hydrogen) atoms. The van der Waals surface area contributed by atoms with Gasteiger partial charge < -0.3 is 14.8 Å². The van der Waals surface area contributed by atoms with Crippen LogP contribution in [0.4, 0.5) is 0 Å². The molecular formula is C17H36N2O2. The molecule has 0 spiro atoms. The van der Waals surface area contributed by atoms with Gasteiger partial charge >= 0.3 is 0 Å². The van der Waals surface area contributed by atoms with Crippen LogP contribution in [-0.4, -0.2) is 63.5 Å². The zero-order valence-electron chi connectivity index (χ0n) is 14.4. The smallest absolute Gasteiger partial charge is 0.0593 e. The number of nitrogens with zero attached hydrogens (tertiary/aromatic N) is 1. The summed E-state index contributed by atoms with van der Waals surface area (Å²) in [5.41, 5.74) is 0. The van der Waals surface area contributed by atoms with E-state index in [-0.39, 0.29) is 0 Å². The van der Waals surface area contributed by atoms with Gasteiger partial charge in [-0.25, -0.2) is 0 Å². The molecule has 1 rings (SSSR count). The molecule has 1 aliphatic carbocycles. The summed E-state index contributed by atoms with van der Waals surface area (Å²) in [6.45, 7) is 14.0. The molecule has 1 fully saturated rings. The Balaban J connectivity index is 2.28. The van der Waals surface area contributed by atoms with Crippen molar-refractivity contribution >= 4 is 0 Å². The monoisotopic (exact) mass is 300 g/mol. The third-order valence-electron chi connectivity index (χ3n) is 4.45. The van der Waals surface area contributed by atoms with E-state index in [9.17, 15) is 0 Å². The van der Waals surface area contributed by atoms with Crippen LogP contribution in [0.2, 0.25) is 0 Å². The topological polar surface area (TPSA) is 33.7 Å². The number of nitrogens with one attached hydrogen (secondary N) is 1. The molecule has 2 unspecified atom stereocenters. The van der Waals surface area contributed by atoms with Gasteiger partial charge in [-0.2, -0.15) is 0 Å². The molecule has 1 aliphatic rings. The lowest BCUT2D eigenvalue weighted by Gasteiger charge is -2.26. The Morgan fingerprint density at radius 3 is 2.19 bits per heavy atom. The van der Waals surface area contributed by atoms with E-state index in [2.05, 4.69) is 31.0 Å². The van der Waals surface area contributed by atoms with Gasteiger partial charge in [-0.15, -0.1) is 0 Å². The predicted octanol–water partition coefficient (Wildman–Crippen LogP) is 2.53. The van der Waals surface area contributed by atoms with E-state index in [0.717, 1.165) is 58.0 Å². The van der Waals surface area contributed by atoms with Crippen molar-refractivity contribution in [2.45, 2.75) is 52.5 Å². The van der Waals surface area contributed by atoms with Crippen LogP contribution in [0.15, 0.2) is 0 Å². The fourth-order valence-corrected chi connectivity index (χ4v) is 3.27. The molecule has 0 aromatic carbocycles. The van der Waals surface area contributed by atoms with Crippen LogP contribution in [0.1, 0.15) is 46.5 Å². The Morgan fingerprint density at radius 2 is 1.62 bits per heavy atom. The SMILES string of the molecule is CCNC1CCCC1CCN(CCOCC)CCOCC. The minimum absolute atomic E-state index is 0.746. The van der Waals surface area contributed by atoms with Crippen LogP contribution < -0.4 is 5.32 Å². The van der Waals surface area contributed by atoms with Gasteiger partial charge in [0.15, 0.2) is 0 Å². The maximum atomic E-state index is 5.51. The highest BCUT2D eigenvalue weighted by Gasteiger charge is 2.26. The molecule has 0 aliphatic heterocycles. The average Bonchev–Trinajstić information content (AvgIpc) is 2.92. The number of rotatable bonds is 13. The largest absolute Gasteiger partial charge is 0.380 e. The summed E-state index contributed by atoms with van der Waals surface area (Å²) < 4.78 is 11.0. The Labute approximate surface area is 131 Å². The van der Waals surface area contributed by atoms with Crippen LogP contribution >= 0.6 is 0 Å². The molecule has 2 atom stereocenters. The van der Waals surface area contributed by atoms with Crippen molar-refractivity contribution in [2.75, 3.05) is 52.6 Å². The van der Waals surface area contributed by atoms with Crippen molar-refractivity contribution in [3.05, 3.63) is 0 Å². The van der Waals surface area contributed by atoms with Crippen LogP contribution in [-0.2, 0) is 9.47 Å². The minimum atomic E-state index is 0.746. The number of hydrogen-bond donors (Lipinski definition) is 1. The molecule has 1 N–H and O–H groups in total. The van der Waals surface area contributed by atoms with Crippen LogP contribution in [0.5, 0.6) is 0 Å². The lowest BCUT2D eigenvalue weighted by Crippen LogP contribution is -2.36. The molecule has 126 valence electrons. The first-order valence-corrected chi connectivity index (χ1v) is 8.93. The van der Waals surface area contributed by atoms with Crippen molar-refractivity contribution in [3.8, 4) is 0 Å². The lowest BCUT2D eigenvalue weighted by molar-refractivity contribution is 0.0797. The zero-order chi connectivity index (χ0) is 15.3. The summed E-state index contributed by atoms with van der Waals surface area (Å²) >= 11 is 0. The Morgan fingerprint density at radius 1 is 0.952 bits per heavy atom. The summed E-state index contributed by atoms with van der Waals surface area (Å²) in [6, 6.07) is 0.746. The first kappa shape index (κ1) is 18.9. The van der Waals surface area contributed by atoms with Crippen molar-refractivity contribution < 1.29 is 9.47 Å². The molecule has 0 bridgehead atoms. The first-order chi connectivity index (χ1) is 10.3. The molecule has 0 radical (unpaired) electrons. The quantitative estimate of drug-likeness (QED) is 0.530. The maximum Gasteiger partial charge on any atom is 0.0593 e. The summed E-state index contributed by atoms with van der Waals surface area (Å²) in [7, 11) is 0.